The number of carbonyl (C=O) groups is 1. The van der Waals surface area contributed by atoms with Gasteiger partial charge in [-0.15, -0.1) is 0 Å². The Balaban J connectivity index is 1.88. The quantitative estimate of drug-likeness (QED) is 0.268. The molecule has 0 unspecified atom stereocenters. The van der Waals surface area contributed by atoms with E-state index >= 15 is 0 Å². The number of unbranched alkanes of at least 4 members (excludes halogenated alkanes) is 2. The summed E-state index contributed by atoms with van der Waals surface area (Å²) in [5.41, 5.74) is 0.619. The summed E-state index contributed by atoms with van der Waals surface area (Å²) in [7, 11) is -0.258. The summed E-state index contributed by atoms with van der Waals surface area (Å²) < 4.78 is 5.44. The van der Waals surface area contributed by atoms with Crippen molar-refractivity contribution in [3.63, 3.8) is 0 Å². The first-order valence-corrected chi connectivity index (χ1v) is 10.6. The van der Waals surface area contributed by atoms with Crippen LogP contribution in [0, 0.1) is 0 Å². The second-order valence-electron chi connectivity index (χ2n) is 6.30. The molecule has 0 atom stereocenters. The molecular formula is C24H25O2S+. The molecule has 0 bridgehead atoms. The molecule has 0 saturated carbocycles. The number of ether oxygens (including phenoxy) is 1. The fourth-order valence-corrected chi connectivity index (χ4v) is 5.01. The monoisotopic (exact) mass is 377 g/mol. The van der Waals surface area contributed by atoms with Crippen LogP contribution in [0.1, 0.15) is 36.5 Å². The second-order valence-corrected chi connectivity index (χ2v) is 8.33. The lowest BCUT2D eigenvalue weighted by atomic mass is 10.2. The number of hydrogen-bond acceptors (Lipinski definition) is 2. The third-order valence-electron chi connectivity index (χ3n) is 4.24. The van der Waals surface area contributed by atoms with Gasteiger partial charge in [0, 0.05) is 6.07 Å². The van der Waals surface area contributed by atoms with Crippen LogP contribution in [0.25, 0.3) is 0 Å². The van der Waals surface area contributed by atoms with Gasteiger partial charge in [0.2, 0.25) is 0 Å². The van der Waals surface area contributed by atoms with E-state index in [9.17, 15) is 4.79 Å². The van der Waals surface area contributed by atoms with Crippen molar-refractivity contribution in [1.82, 2.24) is 0 Å². The van der Waals surface area contributed by atoms with Crippen molar-refractivity contribution in [3.8, 4) is 0 Å². The van der Waals surface area contributed by atoms with Crippen LogP contribution in [-0.4, -0.2) is 12.6 Å². The molecular weight excluding hydrogens is 352 g/mol. The summed E-state index contributed by atoms with van der Waals surface area (Å²) >= 11 is 0. The lowest BCUT2D eigenvalue weighted by molar-refractivity contribution is 0.0498. The zero-order chi connectivity index (χ0) is 18.9. The molecule has 0 N–H and O–H groups in total. The van der Waals surface area contributed by atoms with Crippen molar-refractivity contribution in [2.75, 3.05) is 6.61 Å². The van der Waals surface area contributed by atoms with E-state index in [4.69, 9.17) is 4.74 Å². The van der Waals surface area contributed by atoms with E-state index in [2.05, 4.69) is 61.5 Å². The molecule has 0 heterocycles. The molecule has 3 heteroatoms. The van der Waals surface area contributed by atoms with E-state index in [1.54, 1.807) is 0 Å². The van der Waals surface area contributed by atoms with Crippen LogP contribution in [-0.2, 0) is 15.6 Å². The molecule has 0 fully saturated rings. The van der Waals surface area contributed by atoms with Gasteiger partial charge in [-0.1, -0.05) is 62.2 Å². The summed E-state index contributed by atoms with van der Waals surface area (Å²) in [6.07, 6.45) is 3.11. The second kappa shape index (κ2) is 9.98. The molecule has 2 nitrogen and oxygen atoms in total. The predicted molar refractivity (Wildman–Crippen MR) is 111 cm³/mol. The summed E-state index contributed by atoms with van der Waals surface area (Å²) in [5.74, 6) is -0.238. The Morgan fingerprint density at radius 1 is 0.778 bits per heavy atom. The van der Waals surface area contributed by atoms with Gasteiger partial charge in [0.15, 0.2) is 14.7 Å². The molecule has 0 saturated heterocycles. The summed E-state index contributed by atoms with van der Waals surface area (Å²) in [6.45, 7) is 2.62. The minimum Gasteiger partial charge on any atom is -0.462 e. The first-order valence-electron chi connectivity index (χ1n) is 9.41. The molecule has 0 aliphatic rings. The number of carbonyl (C=O) groups excluding carboxylic acids is 1. The average Bonchev–Trinajstić information content (AvgIpc) is 2.73. The minimum absolute atomic E-state index is 0.238. The van der Waals surface area contributed by atoms with E-state index in [1.807, 2.05) is 30.3 Å². The number of rotatable bonds is 8. The van der Waals surface area contributed by atoms with Crippen molar-refractivity contribution in [2.24, 2.45) is 0 Å². The molecule has 3 rings (SSSR count). The fraction of sp³-hybridized carbons (Fsp3) is 0.208. The van der Waals surface area contributed by atoms with Crippen molar-refractivity contribution in [1.29, 1.82) is 0 Å². The van der Waals surface area contributed by atoms with Crippen LogP contribution < -0.4 is 0 Å². The Morgan fingerprint density at radius 2 is 1.37 bits per heavy atom. The minimum atomic E-state index is -0.258. The maximum Gasteiger partial charge on any atom is 0.338 e. The van der Waals surface area contributed by atoms with Crippen molar-refractivity contribution in [2.45, 2.75) is 40.9 Å². The predicted octanol–water partition coefficient (Wildman–Crippen LogP) is 6.13. The van der Waals surface area contributed by atoms with Crippen molar-refractivity contribution >= 4 is 16.9 Å². The van der Waals surface area contributed by atoms with Gasteiger partial charge in [-0.3, -0.25) is 0 Å². The first-order chi connectivity index (χ1) is 13.3. The molecule has 0 amide bonds. The van der Waals surface area contributed by atoms with E-state index in [-0.39, 0.29) is 16.9 Å². The maximum absolute atomic E-state index is 12.4. The molecule has 0 spiro atoms. The molecule has 27 heavy (non-hydrogen) atoms. The van der Waals surface area contributed by atoms with Gasteiger partial charge in [0.25, 0.3) is 0 Å². The van der Waals surface area contributed by atoms with Gasteiger partial charge in [-0.05, 0) is 42.8 Å². The molecule has 0 radical (unpaired) electrons. The smallest absolute Gasteiger partial charge is 0.338 e. The standard InChI is InChI=1S/C24H25O2S/c1-2-3-10-18-26-24(25)20-12-11-17-23(19-20)27(21-13-6-4-7-14-21)22-15-8-5-9-16-22/h4-9,11-17,19H,2-3,10,18H2,1H3/q+1. The molecule has 138 valence electrons. The highest BCUT2D eigenvalue weighted by atomic mass is 32.2. The third-order valence-corrected chi connectivity index (χ3v) is 6.46. The lowest BCUT2D eigenvalue weighted by Gasteiger charge is -2.09. The van der Waals surface area contributed by atoms with Gasteiger partial charge in [0.05, 0.1) is 23.1 Å². The Morgan fingerprint density at radius 3 is 1.96 bits per heavy atom. The highest BCUT2D eigenvalue weighted by Crippen LogP contribution is 2.31. The van der Waals surface area contributed by atoms with Gasteiger partial charge >= 0.3 is 5.97 Å². The van der Waals surface area contributed by atoms with Crippen molar-refractivity contribution < 1.29 is 9.53 Å². The van der Waals surface area contributed by atoms with Crippen LogP contribution in [0.5, 0.6) is 0 Å². The average molecular weight is 378 g/mol. The van der Waals surface area contributed by atoms with Crippen LogP contribution in [0.15, 0.2) is 99.6 Å². The molecule has 0 aliphatic heterocycles. The Kier molecular flexibility index (Phi) is 7.11. The Bertz CT molecular complexity index is 807. The van der Waals surface area contributed by atoms with Crippen LogP contribution in [0.3, 0.4) is 0 Å². The van der Waals surface area contributed by atoms with Gasteiger partial charge < -0.3 is 4.74 Å². The third kappa shape index (κ3) is 5.24. The molecule has 3 aromatic carbocycles. The van der Waals surface area contributed by atoms with Crippen molar-refractivity contribution in [3.05, 3.63) is 90.5 Å². The SMILES string of the molecule is CCCCCOC(=O)c1cccc([S+](c2ccccc2)c2ccccc2)c1. The largest absolute Gasteiger partial charge is 0.462 e. The highest BCUT2D eigenvalue weighted by molar-refractivity contribution is 7.97. The van der Waals surface area contributed by atoms with Crippen LogP contribution in [0.2, 0.25) is 0 Å². The molecule has 3 aromatic rings. The van der Waals surface area contributed by atoms with E-state index in [1.165, 1.54) is 9.79 Å². The Hall–Kier alpha value is -2.52. The van der Waals surface area contributed by atoms with Gasteiger partial charge in [-0.2, -0.15) is 0 Å². The highest BCUT2D eigenvalue weighted by Gasteiger charge is 2.29. The summed E-state index contributed by atoms with van der Waals surface area (Å²) in [4.78, 5) is 16.0. The zero-order valence-corrected chi connectivity index (χ0v) is 16.5. The van der Waals surface area contributed by atoms with Crippen LogP contribution in [0.4, 0.5) is 0 Å². The Labute approximate surface area is 164 Å². The lowest BCUT2D eigenvalue weighted by Crippen LogP contribution is -2.09. The zero-order valence-electron chi connectivity index (χ0n) is 15.6. The topological polar surface area (TPSA) is 26.3 Å². The normalized spacial score (nSPS) is 10.7. The fourth-order valence-electron chi connectivity index (χ4n) is 2.87. The number of esters is 1. The van der Waals surface area contributed by atoms with E-state index in [0.717, 1.165) is 24.2 Å². The van der Waals surface area contributed by atoms with E-state index in [0.29, 0.717) is 12.2 Å². The number of hydrogen-bond donors (Lipinski definition) is 0. The summed E-state index contributed by atoms with van der Waals surface area (Å²) in [5, 5.41) is 0. The van der Waals surface area contributed by atoms with Gasteiger partial charge in [0.1, 0.15) is 0 Å². The molecule has 0 aliphatic carbocycles. The van der Waals surface area contributed by atoms with Crippen LogP contribution >= 0.6 is 0 Å². The van der Waals surface area contributed by atoms with E-state index < -0.39 is 0 Å². The molecule has 0 aromatic heterocycles. The first kappa shape index (κ1) is 19.2. The van der Waals surface area contributed by atoms with Gasteiger partial charge in [-0.25, -0.2) is 4.79 Å². The maximum atomic E-state index is 12.4. The number of benzene rings is 3. The summed E-state index contributed by atoms with van der Waals surface area (Å²) in [6, 6.07) is 28.7.